The fourth-order valence-electron chi connectivity index (χ4n) is 1.87. The molecule has 0 radical (unpaired) electrons. The van der Waals surface area contributed by atoms with Gasteiger partial charge in [-0.1, -0.05) is 5.57 Å². The SMILES string of the molecule is C=C(C)CCOCC(=O)N1CCC(C(=O)O)CC1. The van der Waals surface area contributed by atoms with Crippen molar-refractivity contribution in [2.24, 2.45) is 5.92 Å². The van der Waals surface area contributed by atoms with Gasteiger partial charge in [-0.3, -0.25) is 9.59 Å². The molecule has 5 nitrogen and oxygen atoms in total. The van der Waals surface area contributed by atoms with Crippen LogP contribution in [0.2, 0.25) is 0 Å². The summed E-state index contributed by atoms with van der Waals surface area (Å²) < 4.78 is 5.27. The van der Waals surface area contributed by atoms with Crippen molar-refractivity contribution in [3.05, 3.63) is 12.2 Å². The van der Waals surface area contributed by atoms with Crippen LogP contribution < -0.4 is 0 Å². The summed E-state index contributed by atoms with van der Waals surface area (Å²) in [5.41, 5.74) is 1.03. The molecule has 0 bridgehead atoms. The molecule has 0 aliphatic carbocycles. The Morgan fingerprint density at radius 3 is 2.50 bits per heavy atom. The summed E-state index contributed by atoms with van der Waals surface area (Å²) in [4.78, 5) is 24.2. The van der Waals surface area contributed by atoms with E-state index in [0.29, 0.717) is 32.5 Å². The van der Waals surface area contributed by atoms with Crippen LogP contribution in [0.4, 0.5) is 0 Å². The second-order valence-corrected chi connectivity index (χ2v) is 4.75. The van der Waals surface area contributed by atoms with Gasteiger partial charge < -0.3 is 14.7 Å². The van der Waals surface area contributed by atoms with Crippen molar-refractivity contribution in [2.75, 3.05) is 26.3 Å². The first-order chi connectivity index (χ1) is 8.50. The van der Waals surface area contributed by atoms with Gasteiger partial charge in [0.15, 0.2) is 0 Å². The lowest BCUT2D eigenvalue weighted by Crippen LogP contribution is -2.41. The van der Waals surface area contributed by atoms with Crippen molar-refractivity contribution in [2.45, 2.75) is 26.2 Å². The monoisotopic (exact) mass is 255 g/mol. The highest BCUT2D eigenvalue weighted by Gasteiger charge is 2.26. The van der Waals surface area contributed by atoms with Crippen molar-refractivity contribution in [1.29, 1.82) is 0 Å². The number of carboxylic acids is 1. The lowest BCUT2D eigenvalue weighted by molar-refractivity contribution is -0.146. The number of carboxylic acid groups (broad SMARTS) is 1. The van der Waals surface area contributed by atoms with Gasteiger partial charge in [0.1, 0.15) is 6.61 Å². The van der Waals surface area contributed by atoms with Crippen LogP contribution in [-0.2, 0) is 14.3 Å². The van der Waals surface area contributed by atoms with E-state index in [1.54, 1.807) is 4.90 Å². The van der Waals surface area contributed by atoms with Gasteiger partial charge in [0.25, 0.3) is 0 Å². The summed E-state index contributed by atoms with van der Waals surface area (Å²) >= 11 is 0. The Bertz CT molecular complexity index is 319. The highest BCUT2D eigenvalue weighted by molar-refractivity contribution is 5.78. The Morgan fingerprint density at radius 1 is 1.39 bits per heavy atom. The van der Waals surface area contributed by atoms with Crippen molar-refractivity contribution in [3.8, 4) is 0 Å². The van der Waals surface area contributed by atoms with E-state index in [9.17, 15) is 9.59 Å². The minimum Gasteiger partial charge on any atom is -0.481 e. The molecule has 102 valence electrons. The quantitative estimate of drug-likeness (QED) is 0.573. The molecular weight excluding hydrogens is 234 g/mol. The molecule has 0 unspecified atom stereocenters. The third-order valence-corrected chi connectivity index (χ3v) is 3.10. The standard InChI is InChI=1S/C13H21NO4/c1-10(2)5-8-18-9-12(15)14-6-3-11(4-7-14)13(16)17/h11H,1,3-9H2,2H3,(H,16,17). The summed E-state index contributed by atoms with van der Waals surface area (Å²) in [5, 5.41) is 8.85. The second kappa shape index (κ2) is 7.16. The molecule has 5 heteroatoms. The zero-order valence-electron chi connectivity index (χ0n) is 10.9. The highest BCUT2D eigenvalue weighted by atomic mass is 16.5. The molecule has 1 N–H and O–H groups in total. The van der Waals surface area contributed by atoms with Crippen molar-refractivity contribution in [3.63, 3.8) is 0 Å². The first kappa shape index (κ1) is 14.7. The van der Waals surface area contributed by atoms with Gasteiger partial charge in [-0.25, -0.2) is 0 Å². The highest BCUT2D eigenvalue weighted by Crippen LogP contribution is 2.17. The molecule has 1 heterocycles. The molecule has 1 aliphatic heterocycles. The molecule has 0 atom stereocenters. The number of carbonyl (C=O) groups excluding carboxylic acids is 1. The van der Waals surface area contributed by atoms with Crippen LogP contribution in [0, 0.1) is 5.92 Å². The Labute approximate surface area is 107 Å². The Hall–Kier alpha value is -1.36. The van der Waals surface area contributed by atoms with E-state index >= 15 is 0 Å². The van der Waals surface area contributed by atoms with E-state index in [1.165, 1.54) is 0 Å². The van der Waals surface area contributed by atoms with Crippen molar-refractivity contribution in [1.82, 2.24) is 4.90 Å². The van der Waals surface area contributed by atoms with Crippen LogP contribution >= 0.6 is 0 Å². The first-order valence-corrected chi connectivity index (χ1v) is 6.23. The first-order valence-electron chi connectivity index (χ1n) is 6.23. The summed E-state index contributed by atoms with van der Waals surface area (Å²) in [5.74, 6) is -1.13. The number of rotatable bonds is 6. The molecule has 0 aromatic carbocycles. The van der Waals surface area contributed by atoms with E-state index in [-0.39, 0.29) is 18.4 Å². The third kappa shape index (κ3) is 4.87. The predicted molar refractivity (Wildman–Crippen MR) is 67.2 cm³/mol. The fraction of sp³-hybridized carbons (Fsp3) is 0.692. The lowest BCUT2D eigenvalue weighted by Gasteiger charge is -2.30. The number of hydrogen-bond donors (Lipinski definition) is 1. The molecule has 1 amide bonds. The zero-order valence-corrected chi connectivity index (χ0v) is 10.9. The number of amides is 1. The number of likely N-dealkylation sites (tertiary alicyclic amines) is 1. The van der Waals surface area contributed by atoms with Gasteiger partial charge in [0.2, 0.25) is 5.91 Å². The zero-order chi connectivity index (χ0) is 13.5. The summed E-state index contributed by atoms with van der Waals surface area (Å²) in [6.07, 6.45) is 1.83. The Kier molecular flexibility index (Phi) is 5.85. The van der Waals surface area contributed by atoms with E-state index in [4.69, 9.17) is 9.84 Å². The van der Waals surface area contributed by atoms with Crippen LogP contribution in [0.5, 0.6) is 0 Å². The van der Waals surface area contributed by atoms with Crippen LogP contribution in [-0.4, -0.2) is 48.2 Å². The fourth-order valence-corrected chi connectivity index (χ4v) is 1.87. The van der Waals surface area contributed by atoms with E-state index < -0.39 is 5.97 Å². The minimum atomic E-state index is -0.764. The number of hydrogen-bond acceptors (Lipinski definition) is 3. The molecule has 1 aliphatic rings. The molecule has 0 spiro atoms. The van der Waals surface area contributed by atoms with E-state index in [0.717, 1.165) is 12.0 Å². The van der Waals surface area contributed by atoms with Gasteiger partial charge in [-0.15, -0.1) is 6.58 Å². The van der Waals surface area contributed by atoms with Crippen LogP contribution in [0.25, 0.3) is 0 Å². The number of nitrogens with zero attached hydrogens (tertiary/aromatic N) is 1. The lowest BCUT2D eigenvalue weighted by atomic mass is 9.97. The maximum absolute atomic E-state index is 11.8. The van der Waals surface area contributed by atoms with Gasteiger partial charge in [0, 0.05) is 13.1 Å². The molecule has 0 aromatic heterocycles. The van der Waals surface area contributed by atoms with Gasteiger partial charge in [0.05, 0.1) is 12.5 Å². The van der Waals surface area contributed by atoms with Gasteiger partial charge in [-0.2, -0.15) is 0 Å². The number of carbonyl (C=O) groups is 2. The Morgan fingerprint density at radius 2 is 2.00 bits per heavy atom. The number of ether oxygens (including phenoxy) is 1. The summed E-state index contributed by atoms with van der Waals surface area (Å²) in [6.45, 7) is 7.28. The normalized spacial score (nSPS) is 16.6. The molecule has 0 aromatic rings. The number of piperidine rings is 1. The third-order valence-electron chi connectivity index (χ3n) is 3.10. The molecule has 1 rings (SSSR count). The van der Waals surface area contributed by atoms with Crippen molar-refractivity contribution >= 4 is 11.9 Å². The van der Waals surface area contributed by atoms with Gasteiger partial charge in [-0.05, 0) is 26.2 Å². The topological polar surface area (TPSA) is 66.8 Å². The largest absolute Gasteiger partial charge is 0.481 e. The summed E-state index contributed by atoms with van der Waals surface area (Å²) in [7, 11) is 0. The van der Waals surface area contributed by atoms with Gasteiger partial charge >= 0.3 is 5.97 Å². The van der Waals surface area contributed by atoms with E-state index in [1.807, 2.05) is 6.92 Å². The molecular formula is C13H21NO4. The smallest absolute Gasteiger partial charge is 0.306 e. The van der Waals surface area contributed by atoms with E-state index in [2.05, 4.69) is 6.58 Å². The molecule has 1 saturated heterocycles. The maximum atomic E-state index is 11.8. The summed E-state index contributed by atoms with van der Waals surface area (Å²) in [6, 6.07) is 0. The average Bonchev–Trinajstić information content (AvgIpc) is 2.34. The van der Waals surface area contributed by atoms with Crippen LogP contribution in [0.1, 0.15) is 26.2 Å². The molecule has 18 heavy (non-hydrogen) atoms. The molecule has 1 fully saturated rings. The van der Waals surface area contributed by atoms with Crippen molar-refractivity contribution < 1.29 is 19.4 Å². The molecule has 0 saturated carbocycles. The van der Waals surface area contributed by atoms with Crippen LogP contribution in [0.3, 0.4) is 0 Å². The van der Waals surface area contributed by atoms with Crippen LogP contribution in [0.15, 0.2) is 12.2 Å². The Balaban J connectivity index is 2.20. The minimum absolute atomic E-state index is 0.0550. The average molecular weight is 255 g/mol. The maximum Gasteiger partial charge on any atom is 0.306 e. The second-order valence-electron chi connectivity index (χ2n) is 4.75. The number of aliphatic carboxylic acids is 1. The predicted octanol–water partition coefficient (Wildman–Crippen LogP) is 1.29.